The fourth-order valence-corrected chi connectivity index (χ4v) is 12.7. The molecule has 67 heavy (non-hydrogen) atoms. The molecule has 0 radical (unpaired) electrons. The van der Waals surface area contributed by atoms with Crippen molar-refractivity contribution in [1.82, 2.24) is 18.3 Å². The summed E-state index contributed by atoms with van der Waals surface area (Å²) in [6.45, 7) is 17.2. The first-order chi connectivity index (χ1) is 32.8. The minimum atomic E-state index is -0.444. The Labute approximate surface area is 400 Å². The largest absolute Gasteiger partial charge is 0.314 e. The highest BCUT2D eigenvalue weighted by atomic mass is 127. The highest BCUT2D eigenvalue weighted by Gasteiger charge is 2.36. The minimum Gasteiger partial charge on any atom is -0.314 e. The van der Waals surface area contributed by atoms with Crippen LogP contribution in [0.25, 0.3) is 84.1 Å². The van der Waals surface area contributed by atoms with Gasteiger partial charge in [-0.2, -0.15) is 10.5 Å². The predicted molar refractivity (Wildman–Crippen MR) is 290 cm³/mol. The molecule has 0 amide bonds. The number of benzene rings is 5. The van der Waals surface area contributed by atoms with Crippen LogP contribution in [-0.4, -0.2) is 22.3 Å². The molecule has 0 bridgehead atoms. The molecule has 4 aromatic heterocycles. The van der Waals surface area contributed by atoms with Crippen LogP contribution < -0.4 is 0 Å². The highest BCUT2D eigenvalue weighted by Crippen LogP contribution is 2.49. The molecule has 0 saturated heterocycles. The predicted octanol–water partition coefficient (Wildman–Crippen LogP) is 15.3. The topological polar surface area (TPSA) is 67.3 Å². The van der Waals surface area contributed by atoms with Crippen molar-refractivity contribution >= 4 is 86.1 Å². The Hall–Kier alpha value is -7.72. The van der Waals surface area contributed by atoms with E-state index in [0.717, 1.165) is 94.3 Å². The number of allylic oxidation sites excluding steroid dienone is 7. The fourth-order valence-electron chi connectivity index (χ4n) is 10.9. The van der Waals surface area contributed by atoms with Crippen molar-refractivity contribution in [2.24, 2.45) is 5.92 Å². The maximum absolute atomic E-state index is 12.3. The molecule has 5 heterocycles. The van der Waals surface area contributed by atoms with Gasteiger partial charge in [-0.1, -0.05) is 163 Å². The molecule has 1 unspecified atom stereocenters. The van der Waals surface area contributed by atoms with Gasteiger partial charge in [0.1, 0.15) is 23.3 Å². The van der Waals surface area contributed by atoms with Gasteiger partial charge in [0.25, 0.3) is 0 Å². The fraction of sp³-hybridized carbons (Fsp3) is 0.117. The molecular weight excluding hydrogens is 932 g/mol. The number of nitrogens with zero attached hydrogens (tertiary/aromatic N) is 6. The Kier molecular flexibility index (Phi) is 10.4. The van der Waals surface area contributed by atoms with Crippen LogP contribution in [0.3, 0.4) is 0 Å². The van der Waals surface area contributed by atoms with E-state index in [1.807, 2.05) is 6.08 Å². The quantitative estimate of drug-likeness (QED) is 0.107. The number of halogens is 1. The zero-order chi connectivity index (χ0) is 46.1. The molecule has 2 atom stereocenters. The number of fused-ring (bicyclic) bond motifs is 7. The monoisotopic (exact) mass is 978 g/mol. The number of aromatic nitrogens is 4. The molecule has 0 saturated carbocycles. The highest BCUT2D eigenvalue weighted by molar-refractivity contribution is 14.2. The van der Waals surface area contributed by atoms with Crippen LogP contribution in [-0.2, 0) is 6.42 Å². The summed E-state index contributed by atoms with van der Waals surface area (Å²) in [5.74, 6) is 0.0932. The molecule has 1 aliphatic heterocycles. The number of para-hydroxylation sites is 4. The number of rotatable bonds is 9. The molecule has 9 aromatic rings. The Bertz CT molecular complexity index is 3800. The molecule has 0 spiro atoms. The van der Waals surface area contributed by atoms with Crippen LogP contribution in [0.2, 0.25) is 0 Å². The normalized spacial score (nSPS) is 15.4. The number of nitriles is 2. The van der Waals surface area contributed by atoms with E-state index < -0.39 is 20.7 Å². The van der Waals surface area contributed by atoms with Gasteiger partial charge < -0.3 is 18.3 Å². The van der Waals surface area contributed by atoms with Gasteiger partial charge in [0, 0.05) is 55.7 Å². The second-order valence-electron chi connectivity index (χ2n) is 17.4. The van der Waals surface area contributed by atoms with E-state index in [4.69, 9.17) is 0 Å². The van der Waals surface area contributed by atoms with Crippen LogP contribution >= 0.6 is 20.7 Å². The second-order valence-corrected chi connectivity index (χ2v) is 19.5. The molecule has 5 aromatic carbocycles. The Morgan fingerprint density at radius 3 is 1.88 bits per heavy atom. The van der Waals surface area contributed by atoms with Crippen LogP contribution in [0.4, 0.5) is 0 Å². The zero-order valence-corrected chi connectivity index (χ0v) is 40.1. The van der Waals surface area contributed by atoms with Crippen LogP contribution in [0.1, 0.15) is 77.3 Å². The standard InChI is InChI=1S/C60H47IN6/c1-7-9-21-40-33-54(41-22-11-10-20-38(41)5)64(39(40)6)57-47(35-62)58(65-49(8-2)56(37(3)4)46-26-15-19-30-53(46)65)60(67-52-29-18-14-25-44(52)45-31-32-61-34-55(45)67)59(48(57)36-63)66-50-27-16-12-23-42(50)43-24-13-17-28-51(43)66/h7,9-34,38,41H,1,3,8H2,2,4-6H3/b21-9-/t38-,41?/m0/s1. The Morgan fingerprint density at radius 2 is 1.28 bits per heavy atom. The van der Waals surface area contributed by atoms with E-state index in [1.165, 1.54) is 0 Å². The lowest BCUT2D eigenvalue weighted by Gasteiger charge is -2.30. The molecule has 11 rings (SSSR count). The lowest BCUT2D eigenvalue weighted by molar-refractivity contribution is 0.608. The van der Waals surface area contributed by atoms with Crippen molar-refractivity contribution in [3.8, 4) is 34.9 Å². The van der Waals surface area contributed by atoms with Crippen molar-refractivity contribution in [2.75, 3.05) is 0 Å². The van der Waals surface area contributed by atoms with Crippen molar-refractivity contribution in [3.05, 3.63) is 207 Å². The third kappa shape index (κ3) is 6.22. The average Bonchev–Trinajstić information content (AvgIpc) is 4.08. The minimum absolute atomic E-state index is 0.0492. The van der Waals surface area contributed by atoms with E-state index in [-0.39, 0.29) is 11.8 Å². The molecule has 0 N–H and O–H groups in total. The van der Waals surface area contributed by atoms with Crippen molar-refractivity contribution in [2.45, 2.75) is 40.0 Å². The van der Waals surface area contributed by atoms with E-state index >= 15 is 0 Å². The molecule has 0 fully saturated rings. The van der Waals surface area contributed by atoms with Crippen molar-refractivity contribution in [1.29, 1.82) is 10.5 Å². The van der Waals surface area contributed by atoms with Gasteiger partial charge in [-0.05, 0) is 81.8 Å². The summed E-state index contributed by atoms with van der Waals surface area (Å²) < 4.78 is 14.0. The van der Waals surface area contributed by atoms with Gasteiger partial charge in [0.2, 0.25) is 0 Å². The van der Waals surface area contributed by atoms with Crippen molar-refractivity contribution < 1.29 is 0 Å². The van der Waals surface area contributed by atoms with E-state index in [0.29, 0.717) is 34.6 Å². The summed E-state index contributed by atoms with van der Waals surface area (Å²) in [4.78, 5) is 0. The summed E-state index contributed by atoms with van der Waals surface area (Å²) in [6.07, 6.45) is 17.4. The number of hydrogen-bond acceptors (Lipinski definition) is 2. The molecule has 2 aliphatic rings. The smallest absolute Gasteiger partial charge is 0.104 e. The summed E-state index contributed by atoms with van der Waals surface area (Å²) in [7, 11) is 0. The SMILES string of the molecule is C=C/C=C\c1cc(C2C=CC=C[C@@H]2C)n(-c2c(C#N)c(-n3c(CC)c(C(=C)C)c4ccccc43)c(-n3c4c(c5ccccc53)C=CI=C4)c(-n3c4ccccc4c4ccccc43)c2C#N)c1C. The van der Waals surface area contributed by atoms with Crippen LogP contribution in [0, 0.1) is 35.5 Å². The summed E-state index contributed by atoms with van der Waals surface area (Å²) in [5.41, 5.74) is 15.6. The average molecular weight is 979 g/mol. The lowest BCUT2D eigenvalue weighted by Crippen LogP contribution is -2.21. The first-order valence-corrected chi connectivity index (χ1v) is 25.2. The van der Waals surface area contributed by atoms with Gasteiger partial charge in [0.15, 0.2) is 0 Å². The van der Waals surface area contributed by atoms with Gasteiger partial charge in [0.05, 0.1) is 50.5 Å². The van der Waals surface area contributed by atoms with Crippen LogP contribution in [0.5, 0.6) is 0 Å². The first-order valence-electron chi connectivity index (χ1n) is 22.8. The molecule has 324 valence electrons. The molecule has 1 aliphatic carbocycles. The third-order valence-electron chi connectivity index (χ3n) is 13.7. The summed E-state index contributed by atoms with van der Waals surface area (Å²) >= 11 is -0.444. The summed E-state index contributed by atoms with van der Waals surface area (Å²) in [6, 6.07) is 42.0. The van der Waals surface area contributed by atoms with Gasteiger partial charge >= 0.3 is 0 Å². The molecule has 7 heteroatoms. The van der Waals surface area contributed by atoms with Crippen LogP contribution in [0.15, 0.2) is 157 Å². The lowest BCUT2D eigenvalue weighted by atomic mass is 9.87. The maximum Gasteiger partial charge on any atom is 0.104 e. The zero-order valence-electron chi connectivity index (χ0n) is 37.9. The molecular formula is C60H47IN6. The van der Waals surface area contributed by atoms with E-state index in [9.17, 15) is 10.5 Å². The van der Waals surface area contributed by atoms with Gasteiger partial charge in [-0.25, -0.2) is 0 Å². The second kappa shape index (κ2) is 16.6. The summed E-state index contributed by atoms with van der Waals surface area (Å²) in [5, 5.41) is 29.0. The first kappa shape index (κ1) is 41.9. The maximum atomic E-state index is 12.3. The molecule has 6 nitrogen and oxygen atoms in total. The van der Waals surface area contributed by atoms with Crippen molar-refractivity contribution in [3.63, 3.8) is 0 Å². The third-order valence-corrected chi connectivity index (χ3v) is 15.5. The van der Waals surface area contributed by atoms with E-state index in [1.54, 1.807) is 6.08 Å². The van der Waals surface area contributed by atoms with Gasteiger partial charge in [-0.15, -0.1) is 0 Å². The Morgan fingerprint density at radius 1 is 0.716 bits per heavy atom. The Balaban J connectivity index is 1.49. The number of hydrogen-bond donors (Lipinski definition) is 0. The van der Waals surface area contributed by atoms with E-state index in [2.05, 4.69) is 219 Å². The van der Waals surface area contributed by atoms with Gasteiger partial charge in [-0.3, -0.25) is 0 Å².